The van der Waals surface area contributed by atoms with Crippen molar-refractivity contribution in [3.05, 3.63) is 59.9 Å². The fourth-order valence-corrected chi connectivity index (χ4v) is 3.06. The standard InChI is InChI=1S/C20H15F3N4O3/c1-11-10-27-17(24-11)15-7-6-12(18(28)29-2)8-16(15)26-19(27)25-13-4-3-5-14(9-13)30-20(21,22)23/h3-10H,1-2H3,(H,25,26). The Morgan fingerprint density at radius 1 is 1.13 bits per heavy atom. The molecule has 154 valence electrons. The Hall–Kier alpha value is -3.82. The summed E-state index contributed by atoms with van der Waals surface area (Å²) in [6.45, 7) is 1.81. The third-order valence-electron chi connectivity index (χ3n) is 4.26. The predicted octanol–water partition coefficient (Wildman–Crippen LogP) is 4.62. The molecular formula is C20H15F3N4O3. The first-order valence-corrected chi connectivity index (χ1v) is 8.74. The van der Waals surface area contributed by atoms with Gasteiger partial charge in [-0.05, 0) is 37.3 Å². The number of aryl methyl sites for hydroxylation is 1. The first-order valence-electron chi connectivity index (χ1n) is 8.74. The average molecular weight is 416 g/mol. The van der Waals surface area contributed by atoms with E-state index >= 15 is 0 Å². The van der Waals surface area contributed by atoms with E-state index in [1.165, 1.54) is 25.3 Å². The fourth-order valence-electron chi connectivity index (χ4n) is 3.06. The van der Waals surface area contributed by atoms with Crippen LogP contribution < -0.4 is 10.1 Å². The Kier molecular flexibility index (Phi) is 4.69. The van der Waals surface area contributed by atoms with E-state index in [1.807, 2.05) is 6.92 Å². The predicted molar refractivity (Wildman–Crippen MR) is 103 cm³/mol. The van der Waals surface area contributed by atoms with Crippen molar-refractivity contribution in [2.24, 2.45) is 0 Å². The zero-order valence-electron chi connectivity index (χ0n) is 15.8. The van der Waals surface area contributed by atoms with Gasteiger partial charge in [-0.15, -0.1) is 13.2 Å². The summed E-state index contributed by atoms with van der Waals surface area (Å²) in [6.07, 6.45) is -3.05. The molecule has 0 amide bonds. The molecule has 10 heteroatoms. The molecule has 0 aliphatic heterocycles. The highest BCUT2D eigenvalue weighted by molar-refractivity contribution is 5.99. The Labute approximate surface area is 168 Å². The van der Waals surface area contributed by atoms with Gasteiger partial charge in [0, 0.05) is 23.3 Å². The van der Waals surface area contributed by atoms with Gasteiger partial charge in [0.05, 0.1) is 23.9 Å². The molecule has 30 heavy (non-hydrogen) atoms. The molecule has 0 unspecified atom stereocenters. The number of aromatic nitrogens is 3. The molecule has 2 aromatic heterocycles. The summed E-state index contributed by atoms with van der Waals surface area (Å²) in [5, 5.41) is 3.69. The van der Waals surface area contributed by atoms with Gasteiger partial charge in [0.25, 0.3) is 0 Å². The number of nitrogens with one attached hydrogen (secondary N) is 1. The number of imidazole rings is 1. The number of methoxy groups -OCH3 is 1. The quantitative estimate of drug-likeness (QED) is 0.489. The summed E-state index contributed by atoms with van der Waals surface area (Å²) >= 11 is 0. The smallest absolute Gasteiger partial charge is 0.465 e. The Morgan fingerprint density at radius 3 is 2.67 bits per heavy atom. The van der Waals surface area contributed by atoms with Crippen LogP contribution in [-0.4, -0.2) is 33.8 Å². The van der Waals surface area contributed by atoms with Crippen LogP contribution in [-0.2, 0) is 4.74 Å². The number of hydrogen-bond acceptors (Lipinski definition) is 6. The number of fused-ring (bicyclic) bond motifs is 3. The molecule has 0 spiro atoms. The van der Waals surface area contributed by atoms with Crippen molar-refractivity contribution in [3.63, 3.8) is 0 Å². The topological polar surface area (TPSA) is 77.8 Å². The van der Waals surface area contributed by atoms with Crippen molar-refractivity contribution in [2.45, 2.75) is 13.3 Å². The van der Waals surface area contributed by atoms with Crippen LogP contribution in [0.3, 0.4) is 0 Å². The zero-order chi connectivity index (χ0) is 21.5. The molecule has 0 saturated heterocycles. The summed E-state index contributed by atoms with van der Waals surface area (Å²) in [4.78, 5) is 20.9. The molecule has 1 N–H and O–H groups in total. The Balaban J connectivity index is 1.81. The zero-order valence-corrected chi connectivity index (χ0v) is 15.8. The number of nitrogens with zero attached hydrogens (tertiary/aromatic N) is 3. The van der Waals surface area contributed by atoms with Gasteiger partial charge in [-0.25, -0.2) is 14.8 Å². The lowest BCUT2D eigenvalue weighted by Gasteiger charge is -2.13. The van der Waals surface area contributed by atoms with Crippen molar-refractivity contribution in [2.75, 3.05) is 12.4 Å². The lowest BCUT2D eigenvalue weighted by molar-refractivity contribution is -0.274. The van der Waals surface area contributed by atoms with Crippen LogP contribution in [0, 0.1) is 6.92 Å². The molecule has 0 saturated carbocycles. The number of benzene rings is 2. The molecule has 7 nitrogen and oxygen atoms in total. The second-order valence-corrected chi connectivity index (χ2v) is 6.44. The number of alkyl halides is 3. The van der Waals surface area contributed by atoms with Crippen molar-refractivity contribution in [1.82, 2.24) is 14.4 Å². The van der Waals surface area contributed by atoms with Gasteiger partial charge in [-0.3, -0.25) is 4.40 Å². The third kappa shape index (κ3) is 3.84. The molecule has 0 atom stereocenters. The van der Waals surface area contributed by atoms with Gasteiger partial charge >= 0.3 is 12.3 Å². The minimum atomic E-state index is -4.79. The van der Waals surface area contributed by atoms with Crippen LogP contribution >= 0.6 is 0 Å². The molecular weight excluding hydrogens is 401 g/mol. The largest absolute Gasteiger partial charge is 0.573 e. The number of hydrogen-bond donors (Lipinski definition) is 1. The minimum Gasteiger partial charge on any atom is -0.465 e. The van der Waals surface area contributed by atoms with Gasteiger partial charge in [0.1, 0.15) is 11.4 Å². The summed E-state index contributed by atoms with van der Waals surface area (Å²) in [5.41, 5.74) is 2.43. The summed E-state index contributed by atoms with van der Waals surface area (Å²) < 4.78 is 47.9. The Morgan fingerprint density at radius 2 is 1.93 bits per heavy atom. The molecule has 4 rings (SSSR count). The third-order valence-corrected chi connectivity index (χ3v) is 4.26. The molecule has 4 aromatic rings. The number of esters is 1. The molecule has 2 heterocycles. The van der Waals surface area contributed by atoms with Crippen LogP contribution in [0.1, 0.15) is 16.1 Å². The van der Waals surface area contributed by atoms with E-state index in [9.17, 15) is 18.0 Å². The lowest BCUT2D eigenvalue weighted by Crippen LogP contribution is -2.17. The lowest BCUT2D eigenvalue weighted by atomic mass is 10.1. The highest BCUT2D eigenvalue weighted by Crippen LogP contribution is 2.28. The van der Waals surface area contributed by atoms with Crippen LogP contribution in [0.5, 0.6) is 5.75 Å². The highest BCUT2D eigenvalue weighted by atomic mass is 19.4. The van der Waals surface area contributed by atoms with Gasteiger partial charge < -0.3 is 14.8 Å². The van der Waals surface area contributed by atoms with Crippen LogP contribution in [0.4, 0.5) is 24.8 Å². The summed E-state index contributed by atoms with van der Waals surface area (Å²) in [5.74, 6) is -0.562. The minimum absolute atomic E-state index is 0.310. The molecule has 0 bridgehead atoms. The first-order chi connectivity index (χ1) is 14.2. The van der Waals surface area contributed by atoms with Crippen molar-refractivity contribution in [1.29, 1.82) is 0 Å². The number of carbonyl (C=O) groups excluding carboxylic acids is 1. The Bertz CT molecular complexity index is 1270. The molecule has 0 fully saturated rings. The molecule has 2 aromatic carbocycles. The maximum absolute atomic E-state index is 12.5. The number of anilines is 2. The second-order valence-electron chi connectivity index (χ2n) is 6.44. The fraction of sp³-hybridized carbons (Fsp3) is 0.150. The molecule has 0 aliphatic rings. The maximum atomic E-state index is 12.5. The van der Waals surface area contributed by atoms with Gasteiger partial charge in [-0.1, -0.05) is 6.07 Å². The molecule has 0 aliphatic carbocycles. The van der Waals surface area contributed by atoms with E-state index in [0.717, 1.165) is 5.69 Å². The normalized spacial score (nSPS) is 11.6. The van der Waals surface area contributed by atoms with E-state index < -0.39 is 12.3 Å². The number of ether oxygens (including phenoxy) is 2. The van der Waals surface area contributed by atoms with E-state index in [2.05, 4.69) is 20.0 Å². The second kappa shape index (κ2) is 7.21. The average Bonchev–Trinajstić information content (AvgIpc) is 3.08. The van der Waals surface area contributed by atoms with E-state index in [-0.39, 0.29) is 5.75 Å². The summed E-state index contributed by atoms with van der Waals surface area (Å²) in [6, 6.07) is 10.3. The van der Waals surface area contributed by atoms with Crippen molar-refractivity contribution < 1.29 is 27.4 Å². The van der Waals surface area contributed by atoms with Gasteiger partial charge in [-0.2, -0.15) is 0 Å². The van der Waals surface area contributed by atoms with Gasteiger partial charge in [0.15, 0.2) is 0 Å². The van der Waals surface area contributed by atoms with Gasteiger partial charge in [0.2, 0.25) is 5.95 Å². The van der Waals surface area contributed by atoms with Crippen molar-refractivity contribution >= 4 is 34.2 Å². The van der Waals surface area contributed by atoms with Crippen LogP contribution in [0.2, 0.25) is 0 Å². The van der Waals surface area contributed by atoms with Crippen LogP contribution in [0.15, 0.2) is 48.7 Å². The number of carbonyl (C=O) groups is 1. The maximum Gasteiger partial charge on any atom is 0.573 e. The SMILES string of the molecule is COC(=O)c1ccc2c(c1)nc(Nc1cccc(OC(F)(F)F)c1)n1cc(C)nc21. The monoisotopic (exact) mass is 416 g/mol. The van der Waals surface area contributed by atoms with E-state index in [4.69, 9.17) is 4.74 Å². The molecule has 0 radical (unpaired) electrons. The first kappa shape index (κ1) is 19.5. The number of rotatable bonds is 4. The van der Waals surface area contributed by atoms with E-state index in [0.29, 0.717) is 33.7 Å². The van der Waals surface area contributed by atoms with Crippen LogP contribution in [0.25, 0.3) is 16.6 Å². The highest BCUT2D eigenvalue weighted by Gasteiger charge is 2.31. The summed E-state index contributed by atoms with van der Waals surface area (Å²) in [7, 11) is 1.28. The van der Waals surface area contributed by atoms with E-state index in [1.54, 1.807) is 34.9 Å². The van der Waals surface area contributed by atoms with Crippen molar-refractivity contribution in [3.8, 4) is 5.75 Å². The number of halogens is 3.